The first kappa shape index (κ1) is 12.9. The summed E-state index contributed by atoms with van der Waals surface area (Å²) in [5.74, 6) is 0.922. The molecule has 2 unspecified atom stereocenters. The summed E-state index contributed by atoms with van der Waals surface area (Å²) in [7, 11) is 0. The number of likely N-dealkylation sites (tertiary alicyclic amines) is 1. The second-order valence-electron chi connectivity index (χ2n) is 6.57. The highest BCUT2D eigenvalue weighted by molar-refractivity contribution is 4.84. The van der Waals surface area contributed by atoms with Crippen molar-refractivity contribution in [1.82, 2.24) is 10.2 Å². The van der Waals surface area contributed by atoms with E-state index < -0.39 is 0 Å². The molecule has 3 rings (SSSR count). The summed E-state index contributed by atoms with van der Waals surface area (Å²) >= 11 is 0. The number of rotatable bonds is 5. The molecular weight excluding hydrogens is 224 g/mol. The van der Waals surface area contributed by atoms with Crippen LogP contribution >= 0.6 is 0 Å². The van der Waals surface area contributed by atoms with Crippen molar-refractivity contribution in [2.75, 3.05) is 26.2 Å². The van der Waals surface area contributed by atoms with E-state index in [4.69, 9.17) is 4.74 Å². The number of nitrogens with zero attached hydrogens (tertiary/aromatic N) is 1. The molecule has 3 aliphatic rings. The van der Waals surface area contributed by atoms with Gasteiger partial charge in [-0.3, -0.25) is 0 Å². The smallest absolute Gasteiger partial charge is 0.0706 e. The molecule has 3 fully saturated rings. The molecule has 0 aromatic rings. The fraction of sp³-hybridized carbons (Fsp3) is 1.00. The molecule has 3 nitrogen and oxygen atoms in total. The highest BCUT2D eigenvalue weighted by Gasteiger charge is 2.27. The molecule has 0 amide bonds. The van der Waals surface area contributed by atoms with E-state index in [1.807, 2.05) is 0 Å². The molecule has 0 aromatic carbocycles. The van der Waals surface area contributed by atoms with Gasteiger partial charge in [-0.2, -0.15) is 0 Å². The first-order valence-electron chi connectivity index (χ1n) is 7.91. The van der Waals surface area contributed by atoms with Gasteiger partial charge in [-0.15, -0.1) is 0 Å². The van der Waals surface area contributed by atoms with Gasteiger partial charge in [-0.1, -0.05) is 0 Å². The first-order valence-corrected chi connectivity index (χ1v) is 7.91. The van der Waals surface area contributed by atoms with Crippen LogP contribution in [0, 0.1) is 5.92 Å². The van der Waals surface area contributed by atoms with Gasteiger partial charge in [-0.25, -0.2) is 0 Å². The fourth-order valence-corrected chi connectivity index (χ4v) is 3.30. The molecule has 104 valence electrons. The van der Waals surface area contributed by atoms with Crippen LogP contribution in [-0.2, 0) is 4.74 Å². The fourth-order valence-electron chi connectivity index (χ4n) is 3.30. The molecule has 2 atom stereocenters. The summed E-state index contributed by atoms with van der Waals surface area (Å²) in [6.45, 7) is 7.20. The molecule has 2 aliphatic heterocycles. The number of nitrogens with one attached hydrogen (secondary N) is 1. The van der Waals surface area contributed by atoms with Crippen molar-refractivity contribution < 1.29 is 4.74 Å². The van der Waals surface area contributed by atoms with Crippen molar-refractivity contribution in [2.24, 2.45) is 5.92 Å². The summed E-state index contributed by atoms with van der Waals surface area (Å²) in [6.07, 6.45) is 9.11. The van der Waals surface area contributed by atoms with E-state index in [2.05, 4.69) is 17.1 Å². The molecule has 1 saturated carbocycles. The van der Waals surface area contributed by atoms with E-state index in [0.717, 1.165) is 12.0 Å². The predicted octanol–water partition coefficient (Wildman–Crippen LogP) is 2.02. The molecule has 0 radical (unpaired) electrons. The van der Waals surface area contributed by atoms with E-state index in [1.54, 1.807) is 0 Å². The van der Waals surface area contributed by atoms with Crippen LogP contribution in [0.4, 0.5) is 0 Å². The number of piperidine rings is 1. The van der Waals surface area contributed by atoms with E-state index >= 15 is 0 Å². The predicted molar refractivity (Wildman–Crippen MR) is 73.8 cm³/mol. The maximum atomic E-state index is 5.92. The van der Waals surface area contributed by atoms with Crippen molar-refractivity contribution in [1.29, 1.82) is 0 Å². The molecule has 3 heteroatoms. The van der Waals surface area contributed by atoms with Gasteiger partial charge in [0.1, 0.15) is 0 Å². The number of hydrogen-bond donors (Lipinski definition) is 1. The normalized spacial score (nSPS) is 35.2. The number of ether oxygens (including phenoxy) is 1. The Hall–Kier alpha value is -0.120. The molecule has 1 aliphatic carbocycles. The average Bonchev–Trinajstić information content (AvgIpc) is 3.12. The van der Waals surface area contributed by atoms with E-state index in [-0.39, 0.29) is 0 Å². The van der Waals surface area contributed by atoms with Crippen molar-refractivity contribution >= 4 is 0 Å². The average molecular weight is 252 g/mol. The second kappa shape index (κ2) is 5.89. The van der Waals surface area contributed by atoms with Gasteiger partial charge in [0, 0.05) is 12.6 Å². The standard InChI is InChI=1S/C15H28N2O/c1-12-2-5-15(18-12)11-17-8-6-13(7-9-17)10-16-14-3-4-14/h12-16H,2-11H2,1H3. The molecule has 18 heavy (non-hydrogen) atoms. The van der Waals surface area contributed by atoms with E-state index in [0.29, 0.717) is 12.2 Å². The zero-order valence-electron chi connectivity index (χ0n) is 11.7. The monoisotopic (exact) mass is 252 g/mol. The van der Waals surface area contributed by atoms with E-state index in [9.17, 15) is 0 Å². The van der Waals surface area contributed by atoms with Gasteiger partial charge < -0.3 is 15.0 Å². The lowest BCUT2D eigenvalue weighted by Gasteiger charge is -2.33. The molecular formula is C15H28N2O. The third-order valence-corrected chi connectivity index (χ3v) is 4.76. The third kappa shape index (κ3) is 3.69. The van der Waals surface area contributed by atoms with Crippen molar-refractivity contribution in [3.63, 3.8) is 0 Å². The quantitative estimate of drug-likeness (QED) is 0.810. The minimum Gasteiger partial charge on any atom is -0.374 e. The van der Waals surface area contributed by atoms with Crippen molar-refractivity contribution in [2.45, 2.75) is 63.7 Å². The molecule has 1 N–H and O–H groups in total. The topological polar surface area (TPSA) is 24.5 Å². The highest BCUT2D eigenvalue weighted by atomic mass is 16.5. The van der Waals surface area contributed by atoms with Gasteiger partial charge in [0.2, 0.25) is 0 Å². The van der Waals surface area contributed by atoms with Gasteiger partial charge >= 0.3 is 0 Å². The highest BCUT2D eigenvalue weighted by Crippen LogP contribution is 2.24. The largest absolute Gasteiger partial charge is 0.374 e. The first-order chi connectivity index (χ1) is 8.79. The number of hydrogen-bond acceptors (Lipinski definition) is 3. The molecule has 0 aromatic heterocycles. The summed E-state index contributed by atoms with van der Waals surface area (Å²) in [5.41, 5.74) is 0. The SMILES string of the molecule is CC1CCC(CN2CCC(CNC3CC3)CC2)O1. The Morgan fingerprint density at radius 1 is 1.06 bits per heavy atom. The van der Waals surface area contributed by atoms with Gasteiger partial charge in [-0.05, 0) is 71.0 Å². The maximum absolute atomic E-state index is 5.92. The van der Waals surface area contributed by atoms with Gasteiger partial charge in [0.15, 0.2) is 0 Å². The van der Waals surface area contributed by atoms with Crippen molar-refractivity contribution in [3.05, 3.63) is 0 Å². The molecule has 0 bridgehead atoms. The van der Waals surface area contributed by atoms with Crippen LogP contribution in [0.25, 0.3) is 0 Å². The van der Waals surface area contributed by atoms with E-state index in [1.165, 1.54) is 64.7 Å². The third-order valence-electron chi connectivity index (χ3n) is 4.76. The minimum absolute atomic E-state index is 0.496. The second-order valence-corrected chi connectivity index (χ2v) is 6.57. The van der Waals surface area contributed by atoms with Gasteiger partial charge in [0.05, 0.1) is 12.2 Å². The van der Waals surface area contributed by atoms with Crippen LogP contribution in [0.2, 0.25) is 0 Å². The zero-order valence-corrected chi connectivity index (χ0v) is 11.7. The summed E-state index contributed by atoms with van der Waals surface area (Å²) in [4.78, 5) is 2.62. The Kier molecular flexibility index (Phi) is 4.22. The zero-order chi connectivity index (χ0) is 12.4. The van der Waals surface area contributed by atoms with Crippen LogP contribution in [0.5, 0.6) is 0 Å². The van der Waals surface area contributed by atoms with Crippen molar-refractivity contribution in [3.8, 4) is 0 Å². The Bertz CT molecular complexity index is 259. The lowest BCUT2D eigenvalue weighted by Crippen LogP contribution is -2.41. The van der Waals surface area contributed by atoms with Crippen LogP contribution in [0.15, 0.2) is 0 Å². The van der Waals surface area contributed by atoms with Crippen LogP contribution in [0.3, 0.4) is 0 Å². The maximum Gasteiger partial charge on any atom is 0.0706 e. The van der Waals surface area contributed by atoms with Crippen LogP contribution in [-0.4, -0.2) is 49.3 Å². The lowest BCUT2D eigenvalue weighted by atomic mass is 9.96. The Labute approximate surface area is 111 Å². The Balaban J connectivity index is 1.32. The summed E-state index contributed by atoms with van der Waals surface area (Å²) in [6, 6.07) is 0.872. The molecule has 2 heterocycles. The van der Waals surface area contributed by atoms with Crippen LogP contribution in [0.1, 0.15) is 45.4 Å². The van der Waals surface area contributed by atoms with Crippen LogP contribution < -0.4 is 5.32 Å². The summed E-state index contributed by atoms with van der Waals surface area (Å²) in [5, 5.41) is 3.68. The Morgan fingerprint density at radius 3 is 2.44 bits per heavy atom. The molecule has 2 saturated heterocycles. The van der Waals surface area contributed by atoms with Gasteiger partial charge in [0.25, 0.3) is 0 Å². The Morgan fingerprint density at radius 2 is 1.83 bits per heavy atom. The summed E-state index contributed by atoms with van der Waals surface area (Å²) < 4.78 is 5.92. The lowest BCUT2D eigenvalue weighted by molar-refractivity contribution is 0.0239. The molecule has 0 spiro atoms. The minimum atomic E-state index is 0.496.